The number of likely N-dealkylation sites (tertiary alicyclic amines) is 1. The Morgan fingerprint density at radius 3 is 2.41 bits per heavy atom. The topological polar surface area (TPSA) is 119 Å². The van der Waals surface area contributed by atoms with Crippen molar-refractivity contribution in [1.82, 2.24) is 4.90 Å². The van der Waals surface area contributed by atoms with E-state index < -0.39 is 30.3 Å². The molecule has 1 unspecified atom stereocenters. The summed E-state index contributed by atoms with van der Waals surface area (Å²) in [6, 6.07) is 15.5. The first-order valence-corrected chi connectivity index (χ1v) is 9.10. The van der Waals surface area contributed by atoms with Crippen molar-refractivity contribution < 1.29 is 23.9 Å². The number of anilines is 1. The minimum absolute atomic E-state index is 0.0713. The number of nitrogens with one attached hydrogen (secondary N) is 1. The van der Waals surface area contributed by atoms with Gasteiger partial charge in [-0.15, -0.1) is 0 Å². The van der Waals surface area contributed by atoms with Gasteiger partial charge in [0.1, 0.15) is 0 Å². The summed E-state index contributed by atoms with van der Waals surface area (Å²) in [6.45, 7) is 0.244. The molecular weight excluding hydrogens is 374 g/mol. The van der Waals surface area contributed by atoms with Gasteiger partial charge in [-0.3, -0.25) is 19.2 Å². The van der Waals surface area contributed by atoms with Gasteiger partial charge in [0, 0.05) is 30.8 Å². The number of hydrogen-bond donors (Lipinski definition) is 2. The van der Waals surface area contributed by atoms with Crippen LogP contribution in [0.25, 0.3) is 0 Å². The number of nitrogens with zero attached hydrogens (tertiary/aromatic N) is 1. The SMILES string of the molecule is NC(=O)c1ccc(NC(=O)COC(=O)C2CC(=O)N(Cc3ccccc3)C2)cc1. The van der Waals surface area contributed by atoms with Gasteiger partial charge in [-0.1, -0.05) is 30.3 Å². The van der Waals surface area contributed by atoms with Crippen LogP contribution in [0.5, 0.6) is 0 Å². The Kier molecular flexibility index (Phi) is 6.23. The average molecular weight is 395 g/mol. The molecule has 0 aromatic heterocycles. The number of nitrogens with two attached hydrogens (primary N) is 1. The number of ether oxygens (including phenoxy) is 1. The Morgan fingerprint density at radius 2 is 1.76 bits per heavy atom. The molecule has 0 saturated carbocycles. The highest BCUT2D eigenvalue weighted by molar-refractivity contribution is 5.96. The molecule has 0 aliphatic carbocycles. The Bertz CT molecular complexity index is 912. The third kappa shape index (κ3) is 5.41. The summed E-state index contributed by atoms with van der Waals surface area (Å²) >= 11 is 0. The van der Waals surface area contributed by atoms with Crippen LogP contribution in [-0.4, -0.2) is 41.7 Å². The Morgan fingerprint density at radius 1 is 1.07 bits per heavy atom. The number of amides is 3. The number of primary amides is 1. The maximum Gasteiger partial charge on any atom is 0.311 e. The molecule has 8 nitrogen and oxygen atoms in total. The molecule has 3 amide bonds. The number of esters is 1. The minimum Gasteiger partial charge on any atom is -0.455 e. The molecular formula is C21H21N3O5. The molecule has 1 aliphatic rings. The molecule has 1 aliphatic heterocycles. The van der Waals surface area contributed by atoms with Crippen LogP contribution in [0.15, 0.2) is 54.6 Å². The highest BCUT2D eigenvalue weighted by Crippen LogP contribution is 2.21. The van der Waals surface area contributed by atoms with Gasteiger partial charge in [0.15, 0.2) is 6.61 Å². The molecule has 150 valence electrons. The predicted octanol–water partition coefficient (Wildman–Crippen LogP) is 1.32. The van der Waals surface area contributed by atoms with Crippen LogP contribution in [0, 0.1) is 5.92 Å². The molecule has 1 heterocycles. The maximum atomic E-state index is 12.2. The van der Waals surface area contributed by atoms with Crippen molar-refractivity contribution >= 4 is 29.4 Å². The molecule has 1 fully saturated rings. The summed E-state index contributed by atoms with van der Waals surface area (Å²) < 4.78 is 5.06. The smallest absolute Gasteiger partial charge is 0.311 e. The van der Waals surface area contributed by atoms with Crippen LogP contribution >= 0.6 is 0 Å². The molecule has 8 heteroatoms. The first kappa shape index (κ1) is 20.1. The molecule has 1 saturated heterocycles. The van der Waals surface area contributed by atoms with Gasteiger partial charge < -0.3 is 20.7 Å². The number of benzene rings is 2. The van der Waals surface area contributed by atoms with E-state index >= 15 is 0 Å². The number of carbonyl (C=O) groups is 4. The van der Waals surface area contributed by atoms with E-state index in [0.717, 1.165) is 5.56 Å². The lowest BCUT2D eigenvalue weighted by atomic mass is 10.1. The van der Waals surface area contributed by atoms with Crippen LogP contribution < -0.4 is 11.1 Å². The third-order valence-corrected chi connectivity index (χ3v) is 4.56. The summed E-state index contributed by atoms with van der Waals surface area (Å²) in [5.74, 6) is -2.36. The van der Waals surface area contributed by atoms with E-state index in [1.54, 1.807) is 4.90 Å². The van der Waals surface area contributed by atoms with Crippen LogP contribution in [0.4, 0.5) is 5.69 Å². The maximum absolute atomic E-state index is 12.2. The number of carbonyl (C=O) groups excluding carboxylic acids is 4. The van der Waals surface area contributed by atoms with Crippen molar-refractivity contribution in [1.29, 1.82) is 0 Å². The van der Waals surface area contributed by atoms with Gasteiger partial charge in [-0.2, -0.15) is 0 Å². The van der Waals surface area contributed by atoms with E-state index in [4.69, 9.17) is 10.5 Å². The van der Waals surface area contributed by atoms with E-state index in [1.165, 1.54) is 24.3 Å². The normalized spacial score (nSPS) is 15.8. The zero-order valence-electron chi connectivity index (χ0n) is 15.7. The lowest BCUT2D eigenvalue weighted by Crippen LogP contribution is -2.28. The van der Waals surface area contributed by atoms with Gasteiger partial charge in [0.25, 0.3) is 5.91 Å². The molecule has 3 N–H and O–H groups in total. The Labute approximate surface area is 167 Å². The van der Waals surface area contributed by atoms with E-state index in [-0.39, 0.29) is 18.9 Å². The fourth-order valence-electron chi connectivity index (χ4n) is 3.06. The molecule has 0 radical (unpaired) electrons. The number of rotatable bonds is 7. The van der Waals surface area contributed by atoms with Gasteiger partial charge in [0.05, 0.1) is 5.92 Å². The van der Waals surface area contributed by atoms with Crippen molar-refractivity contribution in [2.24, 2.45) is 11.7 Å². The molecule has 3 rings (SSSR count). The van der Waals surface area contributed by atoms with Crippen molar-refractivity contribution in [2.75, 3.05) is 18.5 Å². The largest absolute Gasteiger partial charge is 0.455 e. The van der Waals surface area contributed by atoms with Crippen molar-refractivity contribution in [2.45, 2.75) is 13.0 Å². The summed E-state index contributed by atoms with van der Waals surface area (Å²) in [5.41, 5.74) is 6.91. The van der Waals surface area contributed by atoms with Crippen LogP contribution in [-0.2, 0) is 25.7 Å². The zero-order chi connectivity index (χ0) is 20.8. The lowest BCUT2D eigenvalue weighted by Gasteiger charge is -2.16. The van der Waals surface area contributed by atoms with E-state index in [2.05, 4.69) is 5.32 Å². The highest BCUT2D eigenvalue weighted by Gasteiger charge is 2.35. The van der Waals surface area contributed by atoms with Crippen LogP contribution in [0.3, 0.4) is 0 Å². The third-order valence-electron chi connectivity index (χ3n) is 4.56. The van der Waals surface area contributed by atoms with Crippen LogP contribution in [0.2, 0.25) is 0 Å². The van der Waals surface area contributed by atoms with E-state index in [9.17, 15) is 19.2 Å². The second-order valence-electron chi connectivity index (χ2n) is 6.76. The van der Waals surface area contributed by atoms with Gasteiger partial charge in [-0.25, -0.2) is 0 Å². The summed E-state index contributed by atoms with van der Waals surface area (Å²) in [7, 11) is 0. The first-order chi connectivity index (χ1) is 13.9. The average Bonchev–Trinajstić information content (AvgIpc) is 3.08. The summed E-state index contributed by atoms with van der Waals surface area (Å²) in [5, 5.41) is 2.56. The Balaban J connectivity index is 1.46. The lowest BCUT2D eigenvalue weighted by molar-refractivity contribution is -0.151. The highest BCUT2D eigenvalue weighted by atomic mass is 16.5. The standard InChI is InChI=1S/C21H21N3O5/c22-20(27)15-6-8-17(9-7-15)23-18(25)13-29-21(28)16-10-19(26)24(12-16)11-14-4-2-1-3-5-14/h1-9,16H,10-13H2,(H2,22,27)(H,23,25). The monoisotopic (exact) mass is 395 g/mol. The molecule has 29 heavy (non-hydrogen) atoms. The molecule has 2 aromatic rings. The van der Waals surface area contributed by atoms with Crippen molar-refractivity contribution in [3.05, 3.63) is 65.7 Å². The quantitative estimate of drug-likeness (QED) is 0.685. The zero-order valence-corrected chi connectivity index (χ0v) is 15.7. The number of hydrogen-bond acceptors (Lipinski definition) is 5. The van der Waals surface area contributed by atoms with Gasteiger partial charge in [-0.05, 0) is 29.8 Å². The van der Waals surface area contributed by atoms with Gasteiger partial charge >= 0.3 is 5.97 Å². The van der Waals surface area contributed by atoms with E-state index in [1.807, 2.05) is 30.3 Å². The first-order valence-electron chi connectivity index (χ1n) is 9.10. The molecule has 2 aromatic carbocycles. The fourth-order valence-corrected chi connectivity index (χ4v) is 3.06. The molecule has 1 atom stereocenters. The van der Waals surface area contributed by atoms with Gasteiger partial charge in [0.2, 0.25) is 11.8 Å². The minimum atomic E-state index is -0.589. The predicted molar refractivity (Wildman–Crippen MR) is 105 cm³/mol. The summed E-state index contributed by atoms with van der Waals surface area (Å²) in [4.78, 5) is 49.0. The van der Waals surface area contributed by atoms with Crippen molar-refractivity contribution in [3.63, 3.8) is 0 Å². The second kappa shape index (κ2) is 9.01. The Hall–Kier alpha value is -3.68. The molecule has 0 bridgehead atoms. The fraction of sp³-hybridized carbons (Fsp3) is 0.238. The van der Waals surface area contributed by atoms with E-state index in [0.29, 0.717) is 17.8 Å². The second-order valence-corrected chi connectivity index (χ2v) is 6.76. The van der Waals surface area contributed by atoms with Crippen LogP contribution in [0.1, 0.15) is 22.3 Å². The van der Waals surface area contributed by atoms with Crippen molar-refractivity contribution in [3.8, 4) is 0 Å². The summed E-state index contributed by atoms with van der Waals surface area (Å²) in [6.07, 6.45) is 0.0713. The molecule has 0 spiro atoms.